The first-order valence-corrected chi connectivity index (χ1v) is 13.0. The summed E-state index contributed by atoms with van der Waals surface area (Å²) in [6.45, 7) is 4.54. The lowest BCUT2D eigenvalue weighted by molar-refractivity contribution is -0.0609. The summed E-state index contributed by atoms with van der Waals surface area (Å²) in [6.07, 6.45) is 9.72. The molecule has 0 spiro atoms. The highest BCUT2D eigenvalue weighted by Gasteiger charge is 2.41. The Kier molecular flexibility index (Phi) is 7.29. The molecule has 28 heavy (non-hydrogen) atoms. The van der Waals surface area contributed by atoms with Gasteiger partial charge in [0, 0.05) is 16.2 Å². The minimum Gasteiger partial charge on any atom is -0.376 e. The quantitative estimate of drug-likeness (QED) is 0.614. The number of sulfonamides is 1. The standard InChI is InChI=1S/C20H33BrN2O4S/c1-4-14-5-7-15(8-6-14)27-12-19-17(22-28(3,25)26)9-10-18-16(21)11-13(2)20(24)23(18)19/h11,14-15,17,19-20,22,24H,4-10,12H2,1-3H3. The molecule has 2 fully saturated rings. The second kappa shape index (κ2) is 9.16. The lowest BCUT2D eigenvalue weighted by Crippen LogP contribution is -2.60. The molecule has 0 aromatic carbocycles. The molecule has 0 aromatic heterocycles. The molecule has 6 nitrogen and oxygen atoms in total. The molecule has 0 bridgehead atoms. The van der Waals surface area contributed by atoms with Crippen LogP contribution < -0.4 is 4.72 Å². The van der Waals surface area contributed by atoms with Gasteiger partial charge in [-0.15, -0.1) is 0 Å². The van der Waals surface area contributed by atoms with Gasteiger partial charge >= 0.3 is 0 Å². The van der Waals surface area contributed by atoms with E-state index >= 15 is 0 Å². The third-order valence-electron chi connectivity index (χ3n) is 6.37. The van der Waals surface area contributed by atoms with Crippen LogP contribution in [0.3, 0.4) is 0 Å². The van der Waals surface area contributed by atoms with Crippen LogP contribution in [0, 0.1) is 5.92 Å². The average molecular weight is 477 g/mol. The Balaban J connectivity index is 1.76. The summed E-state index contributed by atoms with van der Waals surface area (Å²) in [5.74, 6) is 0.802. The monoisotopic (exact) mass is 476 g/mol. The number of nitrogens with one attached hydrogen (secondary N) is 1. The zero-order valence-corrected chi connectivity index (χ0v) is 19.4. The Labute approximate surface area is 177 Å². The fourth-order valence-electron chi connectivity index (χ4n) is 4.71. The number of piperidine rings is 1. The van der Waals surface area contributed by atoms with Crippen LogP contribution in [-0.2, 0) is 14.8 Å². The van der Waals surface area contributed by atoms with Gasteiger partial charge in [-0.2, -0.15) is 0 Å². The maximum Gasteiger partial charge on any atom is 0.209 e. The molecular weight excluding hydrogens is 444 g/mol. The van der Waals surface area contributed by atoms with Crippen molar-refractivity contribution in [2.75, 3.05) is 12.9 Å². The van der Waals surface area contributed by atoms with Gasteiger partial charge in [0.1, 0.15) is 6.23 Å². The third-order valence-corrected chi connectivity index (χ3v) is 7.78. The number of halogens is 1. The average Bonchev–Trinajstić information content (AvgIpc) is 2.64. The van der Waals surface area contributed by atoms with Crippen LogP contribution in [0.1, 0.15) is 58.8 Å². The highest BCUT2D eigenvalue weighted by Crippen LogP contribution is 2.38. The first-order chi connectivity index (χ1) is 13.2. The van der Waals surface area contributed by atoms with Crippen molar-refractivity contribution in [1.82, 2.24) is 9.62 Å². The molecule has 8 heteroatoms. The van der Waals surface area contributed by atoms with E-state index in [0.29, 0.717) is 19.4 Å². The second-order valence-electron chi connectivity index (χ2n) is 8.45. The van der Waals surface area contributed by atoms with E-state index in [2.05, 4.69) is 27.6 Å². The molecule has 3 atom stereocenters. The van der Waals surface area contributed by atoms with Gasteiger partial charge in [-0.05, 0) is 78.9 Å². The van der Waals surface area contributed by atoms with Crippen molar-refractivity contribution < 1.29 is 18.3 Å². The van der Waals surface area contributed by atoms with E-state index in [1.54, 1.807) is 0 Å². The van der Waals surface area contributed by atoms with Crippen molar-refractivity contribution in [2.24, 2.45) is 5.92 Å². The summed E-state index contributed by atoms with van der Waals surface area (Å²) in [5.41, 5.74) is 1.86. The molecule has 160 valence electrons. The summed E-state index contributed by atoms with van der Waals surface area (Å²) in [7, 11) is -3.35. The van der Waals surface area contributed by atoms with E-state index in [0.717, 1.165) is 34.5 Å². The van der Waals surface area contributed by atoms with Gasteiger partial charge in [0.05, 0.1) is 25.0 Å². The van der Waals surface area contributed by atoms with E-state index in [1.165, 1.54) is 25.5 Å². The van der Waals surface area contributed by atoms with Crippen LogP contribution in [0.2, 0.25) is 0 Å². The molecule has 0 radical (unpaired) electrons. The Bertz CT molecular complexity index is 728. The normalized spacial score (nSPS) is 34.2. The second-order valence-corrected chi connectivity index (χ2v) is 11.1. The van der Waals surface area contributed by atoms with E-state index in [1.807, 2.05) is 17.9 Å². The number of hydrogen-bond acceptors (Lipinski definition) is 5. The first-order valence-electron chi connectivity index (χ1n) is 10.3. The Morgan fingerprint density at radius 1 is 1.29 bits per heavy atom. The SMILES string of the molecule is CCC1CCC(OCC2C(NS(C)(=O)=O)CCC3=C(Br)C=C(C)C(O)N32)CC1. The van der Waals surface area contributed by atoms with Crippen molar-refractivity contribution >= 4 is 26.0 Å². The molecule has 0 amide bonds. The van der Waals surface area contributed by atoms with Crippen LogP contribution >= 0.6 is 15.9 Å². The fraction of sp³-hybridized carbons (Fsp3) is 0.800. The largest absolute Gasteiger partial charge is 0.376 e. The smallest absolute Gasteiger partial charge is 0.209 e. The number of aliphatic hydroxyl groups excluding tert-OH is 1. The summed E-state index contributed by atoms with van der Waals surface area (Å²) in [5, 5.41) is 10.9. The van der Waals surface area contributed by atoms with Crippen LogP contribution in [0.4, 0.5) is 0 Å². The van der Waals surface area contributed by atoms with Crippen molar-refractivity contribution in [1.29, 1.82) is 0 Å². The van der Waals surface area contributed by atoms with Gasteiger partial charge in [0.2, 0.25) is 10.0 Å². The van der Waals surface area contributed by atoms with E-state index in [9.17, 15) is 13.5 Å². The van der Waals surface area contributed by atoms with Crippen LogP contribution in [0.15, 0.2) is 21.8 Å². The number of rotatable bonds is 6. The first kappa shape index (κ1) is 22.3. The third kappa shape index (κ3) is 5.19. The molecule has 0 aromatic rings. The molecule has 1 saturated carbocycles. The number of hydrogen-bond donors (Lipinski definition) is 2. The Hall–Kier alpha value is -0.410. The fourth-order valence-corrected chi connectivity index (χ4v) is 6.30. The number of fused-ring (bicyclic) bond motifs is 1. The van der Waals surface area contributed by atoms with E-state index in [-0.39, 0.29) is 18.2 Å². The van der Waals surface area contributed by atoms with Gasteiger partial charge in [-0.1, -0.05) is 13.3 Å². The molecule has 2 heterocycles. The molecular formula is C20H33BrN2O4S. The van der Waals surface area contributed by atoms with Crippen molar-refractivity contribution in [3.05, 3.63) is 21.8 Å². The van der Waals surface area contributed by atoms with Crippen LogP contribution in [0.5, 0.6) is 0 Å². The molecule has 3 unspecified atom stereocenters. The number of nitrogens with zero attached hydrogens (tertiary/aromatic N) is 1. The van der Waals surface area contributed by atoms with E-state index < -0.39 is 16.3 Å². The molecule has 3 aliphatic rings. The Morgan fingerprint density at radius 2 is 1.96 bits per heavy atom. The van der Waals surface area contributed by atoms with Gasteiger partial charge in [-0.3, -0.25) is 0 Å². The van der Waals surface area contributed by atoms with Crippen molar-refractivity contribution in [3.8, 4) is 0 Å². The number of ether oxygens (including phenoxy) is 1. The van der Waals surface area contributed by atoms with Crippen LogP contribution in [0.25, 0.3) is 0 Å². The summed E-state index contributed by atoms with van der Waals surface area (Å²) >= 11 is 3.62. The maximum absolute atomic E-state index is 11.9. The van der Waals surface area contributed by atoms with Gasteiger partial charge < -0.3 is 14.7 Å². The van der Waals surface area contributed by atoms with Crippen LogP contribution in [-0.4, -0.2) is 55.7 Å². The highest BCUT2D eigenvalue weighted by molar-refractivity contribution is 9.11. The summed E-state index contributed by atoms with van der Waals surface area (Å²) in [6, 6.07) is -0.528. The lowest BCUT2D eigenvalue weighted by Gasteiger charge is -2.48. The lowest BCUT2D eigenvalue weighted by atomic mass is 9.85. The zero-order valence-electron chi connectivity index (χ0n) is 17.0. The van der Waals surface area contributed by atoms with Gasteiger partial charge in [0.15, 0.2) is 0 Å². The Morgan fingerprint density at radius 3 is 2.57 bits per heavy atom. The molecule has 1 aliphatic carbocycles. The summed E-state index contributed by atoms with van der Waals surface area (Å²) in [4.78, 5) is 1.95. The van der Waals surface area contributed by atoms with Gasteiger partial charge in [-0.25, -0.2) is 13.1 Å². The maximum atomic E-state index is 11.9. The zero-order chi connectivity index (χ0) is 20.5. The predicted molar refractivity (Wildman–Crippen MR) is 114 cm³/mol. The van der Waals surface area contributed by atoms with Gasteiger partial charge in [0.25, 0.3) is 0 Å². The highest BCUT2D eigenvalue weighted by atomic mass is 79.9. The minimum atomic E-state index is -3.35. The summed E-state index contributed by atoms with van der Waals surface area (Å²) < 4.78 is 33.9. The molecule has 3 rings (SSSR count). The molecule has 2 N–H and O–H groups in total. The topological polar surface area (TPSA) is 78.9 Å². The molecule has 2 aliphatic heterocycles. The number of aliphatic hydroxyl groups is 1. The van der Waals surface area contributed by atoms with E-state index in [4.69, 9.17) is 4.74 Å². The minimum absolute atomic E-state index is 0.220. The van der Waals surface area contributed by atoms with Crippen molar-refractivity contribution in [3.63, 3.8) is 0 Å². The predicted octanol–water partition coefficient (Wildman–Crippen LogP) is 3.24. The van der Waals surface area contributed by atoms with Crippen molar-refractivity contribution in [2.45, 2.75) is 83.2 Å². The molecule has 1 saturated heterocycles. The number of allylic oxidation sites excluding steroid dienone is 3.